The van der Waals surface area contributed by atoms with Crippen LogP contribution in [0.1, 0.15) is 5.56 Å². The lowest BCUT2D eigenvalue weighted by Crippen LogP contribution is -2.05. The first kappa shape index (κ1) is 14.8. The lowest BCUT2D eigenvalue weighted by molar-refractivity contribution is -0.137. The molecule has 0 aliphatic heterocycles. The van der Waals surface area contributed by atoms with E-state index in [-0.39, 0.29) is 0 Å². The van der Waals surface area contributed by atoms with Crippen LogP contribution < -0.4 is 5.32 Å². The third-order valence-electron chi connectivity index (χ3n) is 3.48. The molecule has 4 rings (SSSR count). The van der Waals surface area contributed by atoms with Gasteiger partial charge >= 0.3 is 6.18 Å². The quantitative estimate of drug-likeness (QED) is 0.555. The number of anilines is 2. The maximum absolute atomic E-state index is 12.8. The molecule has 120 valence electrons. The van der Waals surface area contributed by atoms with E-state index in [2.05, 4.69) is 20.3 Å². The molecule has 0 saturated carbocycles. The van der Waals surface area contributed by atoms with Crippen molar-refractivity contribution in [2.75, 3.05) is 5.32 Å². The summed E-state index contributed by atoms with van der Waals surface area (Å²) in [4.78, 5) is 13.5. The minimum absolute atomic E-state index is 0.315. The van der Waals surface area contributed by atoms with Crippen molar-refractivity contribution in [3.63, 3.8) is 0 Å². The zero-order valence-electron chi connectivity index (χ0n) is 12.0. The van der Waals surface area contributed by atoms with Gasteiger partial charge in [0.2, 0.25) is 0 Å². The SMILES string of the molecule is FC(F)(F)c1cccc(Nc2ncnc3c2sc2ncccc23)c1. The Balaban J connectivity index is 1.80. The lowest BCUT2D eigenvalue weighted by Gasteiger charge is -2.10. The zero-order valence-corrected chi connectivity index (χ0v) is 12.8. The van der Waals surface area contributed by atoms with Crippen LogP contribution in [0.15, 0.2) is 48.9 Å². The molecule has 0 aliphatic carbocycles. The maximum Gasteiger partial charge on any atom is 0.416 e. The average molecular weight is 346 g/mol. The number of hydrogen-bond donors (Lipinski definition) is 1. The predicted octanol–water partition coefficient (Wildman–Crippen LogP) is 5.00. The Morgan fingerprint density at radius 1 is 1.00 bits per heavy atom. The van der Waals surface area contributed by atoms with Crippen LogP contribution in [0.3, 0.4) is 0 Å². The van der Waals surface area contributed by atoms with Crippen molar-refractivity contribution in [1.82, 2.24) is 15.0 Å². The van der Waals surface area contributed by atoms with Gasteiger partial charge in [0.15, 0.2) is 5.82 Å². The summed E-state index contributed by atoms with van der Waals surface area (Å²) in [6.45, 7) is 0. The van der Waals surface area contributed by atoms with E-state index in [1.165, 1.54) is 23.7 Å². The largest absolute Gasteiger partial charge is 0.416 e. The summed E-state index contributed by atoms with van der Waals surface area (Å²) in [6.07, 6.45) is -1.32. The molecule has 0 saturated heterocycles. The van der Waals surface area contributed by atoms with Crippen molar-refractivity contribution in [3.8, 4) is 0 Å². The second kappa shape index (κ2) is 5.41. The van der Waals surface area contributed by atoms with Crippen molar-refractivity contribution < 1.29 is 13.2 Å². The highest BCUT2D eigenvalue weighted by atomic mass is 32.1. The van der Waals surface area contributed by atoms with Gasteiger partial charge in [0.1, 0.15) is 11.2 Å². The normalized spacial score (nSPS) is 12.0. The van der Waals surface area contributed by atoms with Crippen molar-refractivity contribution >= 4 is 43.3 Å². The molecule has 8 heteroatoms. The van der Waals surface area contributed by atoms with E-state index in [0.29, 0.717) is 11.5 Å². The fourth-order valence-electron chi connectivity index (χ4n) is 2.41. The molecule has 0 bridgehead atoms. The molecule has 0 radical (unpaired) electrons. The molecular weight excluding hydrogens is 337 g/mol. The van der Waals surface area contributed by atoms with Crippen molar-refractivity contribution in [1.29, 1.82) is 0 Å². The zero-order chi connectivity index (χ0) is 16.7. The van der Waals surface area contributed by atoms with Crippen LogP contribution in [0.5, 0.6) is 0 Å². The van der Waals surface area contributed by atoms with E-state index in [1.807, 2.05) is 12.1 Å². The molecule has 0 amide bonds. The monoisotopic (exact) mass is 346 g/mol. The van der Waals surface area contributed by atoms with Crippen LogP contribution in [0.2, 0.25) is 0 Å². The molecular formula is C16H9F3N4S. The first-order valence-electron chi connectivity index (χ1n) is 6.95. The van der Waals surface area contributed by atoms with Gasteiger partial charge in [0.25, 0.3) is 0 Å². The summed E-state index contributed by atoms with van der Waals surface area (Å²) in [5.41, 5.74) is 0.332. The van der Waals surface area contributed by atoms with Gasteiger partial charge in [0.05, 0.1) is 15.8 Å². The van der Waals surface area contributed by atoms with Gasteiger partial charge in [-0.2, -0.15) is 13.2 Å². The minimum Gasteiger partial charge on any atom is -0.339 e. The van der Waals surface area contributed by atoms with Crippen LogP contribution in [0.25, 0.3) is 20.4 Å². The Morgan fingerprint density at radius 3 is 2.71 bits per heavy atom. The van der Waals surface area contributed by atoms with Gasteiger partial charge in [-0.3, -0.25) is 0 Å². The summed E-state index contributed by atoms with van der Waals surface area (Å²) >= 11 is 1.40. The molecule has 0 aliphatic rings. The number of hydrogen-bond acceptors (Lipinski definition) is 5. The van der Waals surface area contributed by atoms with E-state index < -0.39 is 11.7 Å². The summed E-state index contributed by atoms with van der Waals surface area (Å²) in [5.74, 6) is 0.460. The molecule has 0 unspecified atom stereocenters. The van der Waals surface area contributed by atoms with E-state index >= 15 is 0 Å². The third-order valence-corrected chi connectivity index (χ3v) is 4.59. The molecule has 1 aromatic carbocycles. The smallest absolute Gasteiger partial charge is 0.339 e. The van der Waals surface area contributed by atoms with Crippen molar-refractivity contribution in [3.05, 3.63) is 54.5 Å². The summed E-state index contributed by atoms with van der Waals surface area (Å²) in [6, 6.07) is 8.73. The highest BCUT2D eigenvalue weighted by Crippen LogP contribution is 2.36. The Morgan fingerprint density at radius 2 is 1.88 bits per heavy atom. The lowest BCUT2D eigenvalue weighted by atomic mass is 10.2. The Bertz CT molecular complexity index is 1040. The average Bonchev–Trinajstić information content (AvgIpc) is 2.94. The number of aromatic nitrogens is 3. The minimum atomic E-state index is -4.39. The number of alkyl halides is 3. The molecule has 4 nitrogen and oxygen atoms in total. The number of thiophene rings is 1. The van der Waals surface area contributed by atoms with Crippen LogP contribution >= 0.6 is 11.3 Å². The molecule has 1 N–H and O–H groups in total. The molecule has 3 aromatic heterocycles. The standard InChI is InChI=1S/C16H9F3N4S/c17-16(18,19)9-3-1-4-10(7-9)23-14-13-12(21-8-22-14)11-5-2-6-20-15(11)24-13/h1-8H,(H,21,22,23). The maximum atomic E-state index is 12.8. The van der Waals surface area contributed by atoms with Crippen LogP contribution in [-0.4, -0.2) is 15.0 Å². The van der Waals surface area contributed by atoms with E-state index in [0.717, 1.165) is 32.6 Å². The van der Waals surface area contributed by atoms with Crippen molar-refractivity contribution in [2.24, 2.45) is 0 Å². The summed E-state index contributed by atoms with van der Waals surface area (Å²) < 4.78 is 39.3. The van der Waals surface area contributed by atoms with E-state index in [9.17, 15) is 13.2 Å². The molecule has 0 spiro atoms. The number of benzene rings is 1. The first-order valence-corrected chi connectivity index (χ1v) is 7.76. The fourth-order valence-corrected chi connectivity index (χ4v) is 3.45. The second-order valence-corrected chi connectivity index (χ2v) is 6.06. The molecule has 0 fully saturated rings. The number of rotatable bonds is 2. The van der Waals surface area contributed by atoms with Crippen LogP contribution in [0.4, 0.5) is 24.7 Å². The molecule has 0 atom stereocenters. The van der Waals surface area contributed by atoms with Crippen LogP contribution in [0, 0.1) is 0 Å². The Labute approximate surface area is 138 Å². The van der Waals surface area contributed by atoms with Gasteiger partial charge in [-0.1, -0.05) is 6.07 Å². The summed E-state index contributed by atoms with van der Waals surface area (Å²) in [5, 5.41) is 3.85. The molecule has 4 aromatic rings. The number of nitrogens with one attached hydrogen (secondary N) is 1. The highest BCUT2D eigenvalue weighted by Gasteiger charge is 2.30. The highest BCUT2D eigenvalue weighted by molar-refractivity contribution is 7.25. The topological polar surface area (TPSA) is 50.7 Å². The van der Waals surface area contributed by atoms with Gasteiger partial charge in [-0.05, 0) is 30.3 Å². The first-order chi connectivity index (χ1) is 11.5. The number of fused-ring (bicyclic) bond motifs is 3. The number of halogens is 3. The number of pyridine rings is 1. The predicted molar refractivity (Wildman–Crippen MR) is 87.4 cm³/mol. The van der Waals surface area contributed by atoms with Gasteiger partial charge in [-0.25, -0.2) is 15.0 Å². The summed E-state index contributed by atoms with van der Waals surface area (Å²) in [7, 11) is 0. The molecule has 24 heavy (non-hydrogen) atoms. The van der Waals surface area contributed by atoms with E-state index in [1.54, 1.807) is 12.3 Å². The second-order valence-electron chi connectivity index (χ2n) is 5.06. The fraction of sp³-hybridized carbons (Fsp3) is 0.0625. The van der Waals surface area contributed by atoms with Gasteiger partial charge in [0, 0.05) is 17.3 Å². The Kier molecular flexibility index (Phi) is 3.34. The van der Waals surface area contributed by atoms with E-state index in [4.69, 9.17) is 0 Å². The van der Waals surface area contributed by atoms with Crippen LogP contribution in [-0.2, 0) is 6.18 Å². The Hall–Kier alpha value is -2.74. The van der Waals surface area contributed by atoms with Gasteiger partial charge in [-0.15, -0.1) is 11.3 Å². The van der Waals surface area contributed by atoms with Crippen molar-refractivity contribution in [2.45, 2.75) is 6.18 Å². The van der Waals surface area contributed by atoms with Gasteiger partial charge < -0.3 is 5.32 Å². The number of nitrogens with zero attached hydrogens (tertiary/aromatic N) is 3. The third kappa shape index (κ3) is 2.54. The molecule has 3 heterocycles.